The fourth-order valence-electron chi connectivity index (χ4n) is 2.45. The fourth-order valence-corrected chi connectivity index (χ4v) is 4.22. The van der Waals surface area contributed by atoms with Gasteiger partial charge >= 0.3 is 0 Å². The lowest BCUT2D eigenvalue weighted by Crippen LogP contribution is -2.26. The normalized spacial score (nSPS) is 21.7. The molecule has 1 saturated heterocycles. The Hall–Kier alpha value is -1.24. The first-order valence-corrected chi connectivity index (χ1v) is 8.45. The SMILES string of the molecule is CCCn1nc(C)c(N)c1NCC1CCCS1(=O)=O. The molecule has 2 rings (SSSR count). The summed E-state index contributed by atoms with van der Waals surface area (Å²) in [6.07, 6.45) is 2.45. The van der Waals surface area contributed by atoms with Gasteiger partial charge in [-0.05, 0) is 26.2 Å². The molecule has 1 aromatic heterocycles. The summed E-state index contributed by atoms with van der Waals surface area (Å²) in [7, 11) is -2.92. The lowest BCUT2D eigenvalue weighted by Gasteiger charge is -2.13. The fraction of sp³-hybridized carbons (Fsp3) is 0.750. The Kier molecular flexibility index (Phi) is 4.03. The van der Waals surface area contributed by atoms with Crippen LogP contribution in [0.3, 0.4) is 0 Å². The molecule has 1 atom stereocenters. The molecule has 1 aliphatic rings. The van der Waals surface area contributed by atoms with Crippen LogP contribution in [-0.4, -0.2) is 35.7 Å². The lowest BCUT2D eigenvalue weighted by atomic mass is 10.2. The zero-order valence-electron chi connectivity index (χ0n) is 11.5. The van der Waals surface area contributed by atoms with Crippen molar-refractivity contribution in [2.75, 3.05) is 23.3 Å². The topological polar surface area (TPSA) is 90.0 Å². The summed E-state index contributed by atoms with van der Waals surface area (Å²) >= 11 is 0. The van der Waals surface area contributed by atoms with Crippen molar-refractivity contribution in [2.24, 2.45) is 0 Å². The van der Waals surface area contributed by atoms with Crippen LogP contribution in [0.1, 0.15) is 31.9 Å². The van der Waals surface area contributed by atoms with E-state index in [4.69, 9.17) is 5.73 Å². The Morgan fingerprint density at radius 2 is 2.26 bits per heavy atom. The van der Waals surface area contributed by atoms with Gasteiger partial charge in [-0.3, -0.25) is 0 Å². The second kappa shape index (κ2) is 5.40. The maximum Gasteiger partial charge on any atom is 0.154 e. The van der Waals surface area contributed by atoms with Crippen LogP contribution in [0.15, 0.2) is 0 Å². The molecule has 1 aliphatic heterocycles. The molecular weight excluding hydrogens is 264 g/mol. The third kappa shape index (κ3) is 2.86. The molecule has 19 heavy (non-hydrogen) atoms. The highest BCUT2D eigenvalue weighted by Gasteiger charge is 2.31. The van der Waals surface area contributed by atoms with Gasteiger partial charge in [0.25, 0.3) is 0 Å². The first kappa shape index (κ1) is 14.2. The van der Waals surface area contributed by atoms with Gasteiger partial charge in [0.1, 0.15) is 5.82 Å². The number of nitrogen functional groups attached to an aromatic ring is 1. The van der Waals surface area contributed by atoms with E-state index in [9.17, 15) is 8.42 Å². The van der Waals surface area contributed by atoms with Crippen molar-refractivity contribution in [3.63, 3.8) is 0 Å². The van der Waals surface area contributed by atoms with E-state index in [0.29, 0.717) is 18.0 Å². The van der Waals surface area contributed by atoms with E-state index in [-0.39, 0.29) is 5.25 Å². The second-order valence-corrected chi connectivity index (χ2v) is 7.48. The third-order valence-corrected chi connectivity index (χ3v) is 5.84. The van der Waals surface area contributed by atoms with Gasteiger partial charge in [0.15, 0.2) is 9.84 Å². The number of nitrogens with two attached hydrogens (primary N) is 1. The van der Waals surface area contributed by atoms with Crippen LogP contribution >= 0.6 is 0 Å². The van der Waals surface area contributed by atoms with E-state index >= 15 is 0 Å². The van der Waals surface area contributed by atoms with Crippen molar-refractivity contribution in [1.82, 2.24) is 9.78 Å². The predicted molar refractivity (Wildman–Crippen MR) is 77.0 cm³/mol. The van der Waals surface area contributed by atoms with Crippen LogP contribution in [0.5, 0.6) is 0 Å². The number of hydrogen-bond acceptors (Lipinski definition) is 5. The summed E-state index contributed by atoms with van der Waals surface area (Å²) in [6, 6.07) is 0. The minimum absolute atomic E-state index is 0.294. The summed E-state index contributed by atoms with van der Waals surface area (Å²) in [4.78, 5) is 0. The number of nitrogens with zero attached hydrogens (tertiary/aromatic N) is 2. The number of aryl methyl sites for hydroxylation is 2. The molecule has 0 radical (unpaired) electrons. The molecule has 0 amide bonds. The maximum absolute atomic E-state index is 11.8. The smallest absolute Gasteiger partial charge is 0.154 e. The zero-order valence-corrected chi connectivity index (χ0v) is 12.3. The van der Waals surface area contributed by atoms with Crippen molar-refractivity contribution < 1.29 is 8.42 Å². The minimum Gasteiger partial charge on any atom is -0.394 e. The second-order valence-electron chi connectivity index (χ2n) is 5.08. The van der Waals surface area contributed by atoms with Crippen LogP contribution in [-0.2, 0) is 16.4 Å². The molecule has 6 nitrogen and oxygen atoms in total. The summed E-state index contributed by atoms with van der Waals surface area (Å²) in [5.74, 6) is 1.06. The van der Waals surface area contributed by atoms with Gasteiger partial charge in [0.2, 0.25) is 0 Å². The molecule has 7 heteroatoms. The lowest BCUT2D eigenvalue weighted by molar-refractivity contribution is 0.587. The zero-order chi connectivity index (χ0) is 14.0. The van der Waals surface area contributed by atoms with Crippen molar-refractivity contribution in [1.29, 1.82) is 0 Å². The van der Waals surface area contributed by atoms with Gasteiger partial charge in [-0.1, -0.05) is 6.92 Å². The minimum atomic E-state index is -2.92. The molecule has 0 saturated carbocycles. The van der Waals surface area contributed by atoms with Gasteiger partial charge in [0.05, 0.1) is 22.4 Å². The Bertz CT molecular complexity index is 550. The monoisotopic (exact) mass is 286 g/mol. The molecule has 3 N–H and O–H groups in total. The Balaban J connectivity index is 2.11. The molecule has 0 aliphatic carbocycles. The van der Waals surface area contributed by atoms with Crippen LogP contribution in [0.2, 0.25) is 0 Å². The van der Waals surface area contributed by atoms with E-state index in [1.54, 1.807) is 0 Å². The van der Waals surface area contributed by atoms with Crippen molar-refractivity contribution in [3.05, 3.63) is 5.69 Å². The molecule has 1 aromatic rings. The number of sulfone groups is 1. The number of hydrogen-bond donors (Lipinski definition) is 2. The molecule has 2 heterocycles. The summed E-state index contributed by atoms with van der Waals surface area (Å²) < 4.78 is 25.4. The highest BCUT2D eigenvalue weighted by Crippen LogP contribution is 2.25. The van der Waals surface area contributed by atoms with E-state index in [2.05, 4.69) is 17.3 Å². The van der Waals surface area contributed by atoms with Crippen LogP contribution < -0.4 is 11.1 Å². The first-order valence-electron chi connectivity index (χ1n) is 6.74. The summed E-state index contributed by atoms with van der Waals surface area (Å²) in [5, 5.41) is 7.25. The highest BCUT2D eigenvalue weighted by atomic mass is 32.2. The summed E-state index contributed by atoms with van der Waals surface area (Å²) in [5.41, 5.74) is 7.39. The molecule has 0 spiro atoms. The van der Waals surface area contributed by atoms with Gasteiger partial charge < -0.3 is 11.1 Å². The van der Waals surface area contributed by atoms with Gasteiger partial charge in [-0.25, -0.2) is 13.1 Å². The molecule has 108 valence electrons. The van der Waals surface area contributed by atoms with Crippen LogP contribution in [0, 0.1) is 6.92 Å². The largest absolute Gasteiger partial charge is 0.394 e. The van der Waals surface area contributed by atoms with E-state index in [0.717, 1.165) is 37.3 Å². The Labute approximate surface area is 114 Å². The maximum atomic E-state index is 11.8. The van der Waals surface area contributed by atoms with E-state index < -0.39 is 9.84 Å². The van der Waals surface area contributed by atoms with Crippen LogP contribution in [0.25, 0.3) is 0 Å². The van der Waals surface area contributed by atoms with Crippen molar-refractivity contribution >= 4 is 21.3 Å². The molecule has 1 unspecified atom stereocenters. The summed E-state index contributed by atoms with van der Waals surface area (Å²) in [6.45, 7) is 5.12. The van der Waals surface area contributed by atoms with E-state index in [1.807, 2.05) is 11.6 Å². The van der Waals surface area contributed by atoms with Crippen molar-refractivity contribution in [2.45, 2.75) is 44.9 Å². The Morgan fingerprint density at radius 3 is 2.84 bits per heavy atom. The molecular formula is C12H22N4O2S. The quantitative estimate of drug-likeness (QED) is 0.848. The number of anilines is 2. The molecule has 1 fully saturated rings. The molecule has 0 bridgehead atoms. The Morgan fingerprint density at radius 1 is 1.53 bits per heavy atom. The number of nitrogens with one attached hydrogen (secondary N) is 1. The van der Waals surface area contributed by atoms with Crippen LogP contribution in [0.4, 0.5) is 11.5 Å². The van der Waals surface area contributed by atoms with Crippen molar-refractivity contribution in [3.8, 4) is 0 Å². The van der Waals surface area contributed by atoms with Gasteiger partial charge in [-0.2, -0.15) is 5.10 Å². The average molecular weight is 286 g/mol. The number of aromatic nitrogens is 2. The average Bonchev–Trinajstić information content (AvgIpc) is 2.80. The highest BCUT2D eigenvalue weighted by molar-refractivity contribution is 7.92. The standard InChI is InChI=1S/C12H22N4O2S/c1-3-6-16-12(11(13)9(2)15-16)14-8-10-5-4-7-19(10,17)18/h10,14H,3-8,13H2,1-2H3. The first-order chi connectivity index (χ1) is 8.95. The predicted octanol–water partition coefficient (Wildman–Crippen LogP) is 1.17. The number of rotatable bonds is 5. The van der Waals surface area contributed by atoms with Gasteiger partial charge in [0, 0.05) is 13.1 Å². The molecule has 0 aromatic carbocycles. The van der Waals surface area contributed by atoms with Gasteiger partial charge in [-0.15, -0.1) is 0 Å². The van der Waals surface area contributed by atoms with E-state index in [1.165, 1.54) is 0 Å². The third-order valence-electron chi connectivity index (χ3n) is 3.57.